The van der Waals surface area contributed by atoms with Gasteiger partial charge in [0.25, 0.3) is 5.91 Å². The molecule has 0 radical (unpaired) electrons. The number of aromatic nitrogens is 1. The summed E-state index contributed by atoms with van der Waals surface area (Å²) in [6.45, 7) is 0.676. The zero-order chi connectivity index (χ0) is 16.2. The van der Waals surface area contributed by atoms with E-state index in [0.717, 1.165) is 22.2 Å². The molecule has 0 aliphatic heterocycles. The van der Waals surface area contributed by atoms with Gasteiger partial charge in [0, 0.05) is 35.6 Å². The number of hydrogen-bond donors (Lipinski definition) is 1. The molecular formula is C19H18N2OS. The van der Waals surface area contributed by atoms with Gasteiger partial charge in [0.15, 0.2) is 0 Å². The van der Waals surface area contributed by atoms with Crippen molar-refractivity contribution in [3.05, 3.63) is 71.9 Å². The van der Waals surface area contributed by atoms with E-state index in [9.17, 15) is 4.79 Å². The minimum atomic E-state index is 0.00184. The predicted octanol–water partition coefficient (Wildman–Crippen LogP) is 3.84. The Morgan fingerprint density at radius 1 is 1.13 bits per heavy atom. The van der Waals surface area contributed by atoms with E-state index in [4.69, 9.17) is 0 Å². The molecule has 0 saturated carbocycles. The van der Waals surface area contributed by atoms with Gasteiger partial charge >= 0.3 is 0 Å². The Morgan fingerprint density at radius 3 is 2.70 bits per heavy atom. The second kappa shape index (κ2) is 6.84. The van der Waals surface area contributed by atoms with Crippen LogP contribution in [0, 0.1) is 0 Å². The smallest absolute Gasteiger partial charge is 0.253 e. The van der Waals surface area contributed by atoms with Crippen LogP contribution in [0.2, 0.25) is 0 Å². The summed E-state index contributed by atoms with van der Waals surface area (Å²) in [6, 6.07) is 17.7. The number of likely N-dealkylation sites (N-methyl/N-ethyl adjacent to an activating group) is 1. The average molecular weight is 322 g/mol. The molecule has 4 heteroatoms. The fraction of sp³-hybridized carbons (Fsp3) is 0.158. The van der Waals surface area contributed by atoms with Gasteiger partial charge in [-0.1, -0.05) is 36.4 Å². The Labute approximate surface area is 141 Å². The Kier molecular flexibility index (Phi) is 4.63. The van der Waals surface area contributed by atoms with Crippen LogP contribution in [-0.4, -0.2) is 29.4 Å². The van der Waals surface area contributed by atoms with Gasteiger partial charge in [0.2, 0.25) is 0 Å². The number of amides is 1. The summed E-state index contributed by atoms with van der Waals surface area (Å²) in [7, 11) is 1.83. The van der Waals surface area contributed by atoms with Crippen LogP contribution < -0.4 is 0 Å². The molecule has 116 valence electrons. The van der Waals surface area contributed by atoms with Crippen LogP contribution in [0.5, 0.6) is 0 Å². The van der Waals surface area contributed by atoms with E-state index in [1.165, 1.54) is 5.56 Å². The van der Waals surface area contributed by atoms with Crippen LogP contribution >= 0.6 is 12.6 Å². The van der Waals surface area contributed by atoms with Crippen molar-refractivity contribution in [1.29, 1.82) is 0 Å². The molecule has 0 spiro atoms. The summed E-state index contributed by atoms with van der Waals surface area (Å²) < 4.78 is 0. The lowest BCUT2D eigenvalue weighted by Crippen LogP contribution is -2.28. The van der Waals surface area contributed by atoms with Gasteiger partial charge in [-0.15, -0.1) is 12.6 Å². The Balaban J connectivity index is 1.77. The van der Waals surface area contributed by atoms with Crippen molar-refractivity contribution in [1.82, 2.24) is 9.88 Å². The van der Waals surface area contributed by atoms with E-state index in [0.29, 0.717) is 12.1 Å². The molecule has 3 rings (SSSR count). The van der Waals surface area contributed by atoms with Crippen LogP contribution in [0.3, 0.4) is 0 Å². The summed E-state index contributed by atoms with van der Waals surface area (Å²) in [5.41, 5.74) is 2.69. The van der Waals surface area contributed by atoms with E-state index in [1.54, 1.807) is 17.2 Å². The van der Waals surface area contributed by atoms with Gasteiger partial charge in [0.05, 0.1) is 5.52 Å². The second-order valence-electron chi connectivity index (χ2n) is 5.53. The van der Waals surface area contributed by atoms with Crippen molar-refractivity contribution in [2.45, 2.75) is 11.3 Å². The number of pyridine rings is 1. The normalized spacial score (nSPS) is 10.7. The molecule has 23 heavy (non-hydrogen) atoms. The van der Waals surface area contributed by atoms with Crippen molar-refractivity contribution in [3.8, 4) is 0 Å². The molecule has 0 aliphatic rings. The van der Waals surface area contributed by atoms with Crippen molar-refractivity contribution < 1.29 is 4.79 Å². The SMILES string of the molecule is CN(CCc1ccccc1)C(=O)c1cc(S)c2ncccc2c1. The Bertz CT molecular complexity index is 833. The quantitative estimate of drug-likeness (QED) is 0.740. The molecule has 2 aromatic carbocycles. The molecule has 0 saturated heterocycles. The van der Waals surface area contributed by atoms with Gasteiger partial charge in [-0.05, 0) is 30.2 Å². The third kappa shape index (κ3) is 3.54. The minimum absolute atomic E-state index is 0.00184. The zero-order valence-electron chi connectivity index (χ0n) is 12.9. The molecule has 0 atom stereocenters. The predicted molar refractivity (Wildman–Crippen MR) is 96.1 cm³/mol. The van der Waals surface area contributed by atoms with E-state index in [2.05, 4.69) is 29.7 Å². The standard InChI is InChI=1S/C19H18N2OS/c1-21(11-9-14-6-3-2-4-7-14)19(22)16-12-15-8-5-10-20-18(15)17(23)13-16/h2-8,10,12-13,23H,9,11H2,1H3. The minimum Gasteiger partial charge on any atom is -0.341 e. The van der Waals surface area contributed by atoms with Crippen LogP contribution in [0.15, 0.2) is 65.7 Å². The van der Waals surface area contributed by atoms with E-state index < -0.39 is 0 Å². The van der Waals surface area contributed by atoms with Crippen molar-refractivity contribution in [3.63, 3.8) is 0 Å². The molecule has 0 unspecified atom stereocenters. The van der Waals surface area contributed by atoms with Crippen molar-refractivity contribution >= 4 is 29.4 Å². The zero-order valence-corrected chi connectivity index (χ0v) is 13.8. The molecule has 1 amide bonds. The fourth-order valence-corrected chi connectivity index (χ4v) is 2.89. The number of nitrogens with zero attached hydrogens (tertiary/aromatic N) is 2. The summed E-state index contributed by atoms with van der Waals surface area (Å²) in [5, 5.41) is 0.930. The molecule has 1 heterocycles. The molecule has 1 aromatic heterocycles. The maximum Gasteiger partial charge on any atom is 0.253 e. The van der Waals surface area contributed by atoms with Crippen LogP contribution in [-0.2, 0) is 6.42 Å². The van der Waals surface area contributed by atoms with Gasteiger partial charge in [0.1, 0.15) is 0 Å². The molecule has 0 bridgehead atoms. The lowest BCUT2D eigenvalue weighted by molar-refractivity contribution is 0.0796. The maximum atomic E-state index is 12.6. The van der Waals surface area contributed by atoms with E-state index in [1.807, 2.05) is 43.4 Å². The summed E-state index contributed by atoms with van der Waals surface area (Å²) in [5.74, 6) is 0.00184. The Morgan fingerprint density at radius 2 is 1.91 bits per heavy atom. The first-order valence-corrected chi connectivity index (χ1v) is 7.97. The highest BCUT2D eigenvalue weighted by atomic mass is 32.1. The Hall–Kier alpha value is -2.33. The van der Waals surface area contributed by atoms with Crippen LogP contribution in [0.25, 0.3) is 10.9 Å². The number of thiol groups is 1. The van der Waals surface area contributed by atoms with E-state index >= 15 is 0 Å². The van der Waals surface area contributed by atoms with Crippen LogP contribution in [0.4, 0.5) is 0 Å². The van der Waals surface area contributed by atoms with Gasteiger partial charge in [-0.25, -0.2) is 0 Å². The first-order chi connectivity index (χ1) is 11.1. The lowest BCUT2D eigenvalue weighted by atomic mass is 10.1. The van der Waals surface area contributed by atoms with E-state index in [-0.39, 0.29) is 5.91 Å². The number of rotatable bonds is 4. The van der Waals surface area contributed by atoms with Gasteiger partial charge < -0.3 is 4.90 Å². The highest BCUT2D eigenvalue weighted by Gasteiger charge is 2.14. The first-order valence-electron chi connectivity index (χ1n) is 7.52. The van der Waals surface area contributed by atoms with Gasteiger partial charge in [-0.3, -0.25) is 9.78 Å². The highest BCUT2D eigenvalue weighted by molar-refractivity contribution is 7.80. The topological polar surface area (TPSA) is 33.2 Å². The van der Waals surface area contributed by atoms with Crippen LogP contribution in [0.1, 0.15) is 15.9 Å². The average Bonchev–Trinajstić information content (AvgIpc) is 2.60. The summed E-state index contributed by atoms with van der Waals surface area (Å²) >= 11 is 4.46. The molecule has 0 N–H and O–H groups in total. The lowest BCUT2D eigenvalue weighted by Gasteiger charge is -2.18. The van der Waals surface area contributed by atoms with Crippen molar-refractivity contribution in [2.75, 3.05) is 13.6 Å². The summed E-state index contributed by atoms with van der Waals surface area (Å²) in [6.07, 6.45) is 2.57. The number of fused-ring (bicyclic) bond motifs is 1. The number of carbonyl (C=O) groups is 1. The second-order valence-corrected chi connectivity index (χ2v) is 6.01. The maximum absolute atomic E-state index is 12.6. The molecule has 0 aliphatic carbocycles. The third-order valence-electron chi connectivity index (χ3n) is 3.86. The molecule has 0 fully saturated rings. The number of benzene rings is 2. The van der Waals surface area contributed by atoms with Gasteiger partial charge in [-0.2, -0.15) is 0 Å². The summed E-state index contributed by atoms with van der Waals surface area (Å²) in [4.78, 5) is 19.4. The highest BCUT2D eigenvalue weighted by Crippen LogP contribution is 2.22. The first kappa shape index (κ1) is 15.6. The molecule has 3 nitrogen and oxygen atoms in total. The molecule has 3 aromatic rings. The number of hydrogen-bond acceptors (Lipinski definition) is 3. The fourth-order valence-electron chi connectivity index (χ4n) is 2.56. The monoisotopic (exact) mass is 322 g/mol. The largest absolute Gasteiger partial charge is 0.341 e. The molecular weight excluding hydrogens is 304 g/mol. The van der Waals surface area contributed by atoms with Crippen molar-refractivity contribution in [2.24, 2.45) is 0 Å². The number of carbonyl (C=O) groups excluding carboxylic acids is 1. The third-order valence-corrected chi connectivity index (χ3v) is 4.20.